The average Bonchev–Trinajstić information content (AvgIpc) is 2.80. The fraction of sp³-hybridized carbons (Fsp3) is 0.438. The Kier molecular flexibility index (Phi) is 5.58. The number of pyridine rings is 1. The summed E-state index contributed by atoms with van der Waals surface area (Å²) in [6.07, 6.45) is 2.09. The summed E-state index contributed by atoms with van der Waals surface area (Å²) in [4.78, 5) is 5.90. The smallest absolute Gasteiger partial charge is 0.0931 e. The van der Waals surface area contributed by atoms with Crippen LogP contribution in [0.3, 0.4) is 0 Å². The first-order valence-electron chi connectivity index (χ1n) is 7.02. The number of aromatic nitrogens is 1. The highest BCUT2D eigenvalue weighted by atomic mass is 35.5. The van der Waals surface area contributed by atoms with E-state index in [1.165, 1.54) is 10.4 Å². The zero-order valence-corrected chi connectivity index (χ0v) is 13.8. The van der Waals surface area contributed by atoms with Crippen LogP contribution in [0.1, 0.15) is 41.2 Å². The van der Waals surface area contributed by atoms with Crippen molar-refractivity contribution >= 4 is 22.9 Å². The molecule has 4 heteroatoms. The number of halogens is 1. The summed E-state index contributed by atoms with van der Waals surface area (Å²) in [6.45, 7) is 7.32. The fourth-order valence-corrected chi connectivity index (χ4v) is 3.47. The molecule has 0 saturated carbocycles. The van der Waals surface area contributed by atoms with Crippen LogP contribution in [0.15, 0.2) is 24.3 Å². The van der Waals surface area contributed by atoms with E-state index < -0.39 is 0 Å². The van der Waals surface area contributed by atoms with Crippen LogP contribution in [-0.4, -0.2) is 11.5 Å². The van der Waals surface area contributed by atoms with E-state index in [4.69, 9.17) is 11.6 Å². The monoisotopic (exact) mass is 308 g/mol. The number of nitrogens with zero attached hydrogens (tertiary/aromatic N) is 1. The normalized spacial score (nSPS) is 12.6. The van der Waals surface area contributed by atoms with Crippen LogP contribution in [0, 0.1) is 13.8 Å². The van der Waals surface area contributed by atoms with E-state index in [1.807, 2.05) is 13.0 Å². The number of hydrogen-bond donors (Lipinski definition) is 1. The van der Waals surface area contributed by atoms with Gasteiger partial charge in [0.25, 0.3) is 0 Å². The largest absolute Gasteiger partial charge is 0.310 e. The Morgan fingerprint density at radius 1 is 1.25 bits per heavy atom. The summed E-state index contributed by atoms with van der Waals surface area (Å²) in [6, 6.07) is 8.67. The first kappa shape index (κ1) is 15.5. The Hall–Kier alpha value is -0.900. The van der Waals surface area contributed by atoms with Crippen LogP contribution in [0.5, 0.6) is 0 Å². The maximum absolute atomic E-state index is 6.03. The van der Waals surface area contributed by atoms with E-state index in [0.29, 0.717) is 6.04 Å². The first-order chi connectivity index (χ1) is 9.60. The molecule has 2 aromatic heterocycles. The molecule has 2 rings (SSSR count). The summed E-state index contributed by atoms with van der Waals surface area (Å²) in [5.74, 6) is 0. The summed E-state index contributed by atoms with van der Waals surface area (Å²) in [5.41, 5.74) is 3.47. The lowest BCUT2D eigenvalue weighted by Gasteiger charge is -2.20. The van der Waals surface area contributed by atoms with Gasteiger partial charge in [0.05, 0.1) is 4.34 Å². The Balaban J connectivity index is 2.22. The lowest BCUT2D eigenvalue weighted by atomic mass is 10.0. The zero-order chi connectivity index (χ0) is 14.5. The Morgan fingerprint density at radius 3 is 2.65 bits per heavy atom. The van der Waals surface area contributed by atoms with Crippen molar-refractivity contribution in [3.63, 3.8) is 0 Å². The Labute approximate surface area is 130 Å². The van der Waals surface area contributed by atoms with Crippen molar-refractivity contribution in [2.75, 3.05) is 6.54 Å². The third-order valence-corrected chi connectivity index (χ3v) is 4.57. The number of aryl methyl sites for hydroxylation is 2. The molecule has 0 aliphatic carbocycles. The average molecular weight is 309 g/mol. The van der Waals surface area contributed by atoms with E-state index in [-0.39, 0.29) is 0 Å². The van der Waals surface area contributed by atoms with Crippen molar-refractivity contribution < 1.29 is 0 Å². The Bertz CT molecular complexity index is 565. The number of nitrogens with one attached hydrogen (secondary N) is 1. The zero-order valence-electron chi connectivity index (χ0n) is 12.2. The fourth-order valence-electron chi connectivity index (χ4n) is 2.34. The van der Waals surface area contributed by atoms with Crippen molar-refractivity contribution in [2.45, 2.75) is 39.7 Å². The van der Waals surface area contributed by atoms with Gasteiger partial charge in [-0.2, -0.15) is 0 Å². The topological polar surface area (TPSA) is 24.9 Å². The summed E-state index contributed by atoms with van der Waals surface area (Å²) >= 11 is 7.69. The minimum atomic E-state index is 0.303. The SMILES string of the molecule is CCCNC(Cc1ccc(Cl)s1)c1ccc(C)nc1C. The Morgan fingerprint density at radius 2 is 2.05 bits per heavy atom. The van der Waals surface area contributed by atoms with Crippen molar-refractivity contribution in [3.8, 4) is 0 Å². The van der Waals surface area contributed by atoms with Gasteiger partial charge in [-0.15, -0.1) is 11.3 Å². The van der Waals surface area contributed by atoms with Gasteiger partial charge in [-0.1, -0.05) is 24.6 Å². The lowest BCUT2D eigenvalue weighted by Crippen LogP contribution is -2.25. The highest BCUT2D eigenvalue weighted by molar-refractivity contribution is 7.16. The molecule has 2 nitrogen and oxygen atoms in total. The highest BCUT2D eigenvalue weighted by Gasteiger charge is 2.15. The second kappa shape index (κ2) is 7.21. The molecule has 0 radical (unpaired) electrons. The van der Waals surface area contributed by atoms with Gasteiger partial charge in [-0.25, -0.2) is 0 Å². The van der Waals surface area contributed by atoms with Crippen LogP contribution in [0.4, 0.5) is 0 Å². The third-order valence-electron chi connectivity index (χ3n) is 3.32. The van der Waals surface area contributed by atoms with E-state index in [9.17, 15) is 0 Å². The molecule has 1 unspecified atom stereocenters. The van der Waals surface area contributed by atoms with Crippen molar-refractivity contribution in [2.24, 2.45) is 0 Å². The predicted molar refractivity (Wildman–Crippen MR) is 87.8 cm³/mol. The summed E-state index contributed by atoms with van der Waals surface area (Å²) in [5, 5.41) is 3.63. The molecule has 0 spiro atoms. The molecule has 0 amide bonds. The molecule has 0 bridgehead atoms. The minimum absolute atomic E-state index is 0.303. The molecule has 108 valence electrons. The van der Waals surface area contributed by atoms with Gasteiger partial charge in [0, 0.05) is 28.7 Å². The quantitative estimate of drug-likeness (QED) is 0.837. The number of hydrogen-bond acceptors (Lipinski definition) is 3. The van der Waals surface area contributed by atoms with E-state index in [0.717, 1.165) is 35.1 Å². The molecule has 2 aromatic rings. The van der Waals surface area contributed by atoms with E-state index in [2.05, 4.69) is 42.3 Å². The van der Waals surface area contributed by atoms with Crippen molar-refractivity contribution in [3.05, 3.63) is 50.4 Å². The highest BCUT2D eigenvalue weighted by Crippen LogP contribution is 2.27. The van der Waals surface area contributed by atoms with Gasteiger partial charge < -0.3 is 5.32 Å². The van der Waals surface area contributed by atoms with Crippen LogP contribution < -0.4 is 5.32 Å². The lowest BCUT2D eigenvalue weighted by molar-refractivity contribution is 0.528. The number of rotatable bonds is 6. The standard InChI is InChI=1S/C16H21ClN2S/c1-4-9-18-15(10-13-6-8-16(17)20-13)14-7-5-11(2)19-12(14)3/h5-8,15,18H,4,9-10H2,1-3H3. The molecule has 0 fully saturated rings. The molecule has 20 heavy (non-hydrogen) atoms. The second-order valence-corrected chi connectivity index (χ2v) is 6.84. The maximum atomic E-state index is 6.03. The van der Waals surface area contributed by atoms with Crippen LogP contribution >= 0.6 is 22.9 Å². The summed E-state index contributed by atoms with van der Waals surface area (Å²) in [7, 11) is 0. The molecule has 0 aliphatic rings. The van der Waals surface area contributed by atoms with Gasteiger partial charge in [0.1, 0.15) is 0 Å². The van der Waals surface area contributed by atoms with E-state index in [1.54, 1.807) is 11.3 Å². The van der Waals surface area contributed by atoms with E-state index >= 15 is 0 Å². The molecular formula is C16H21ClN2S. The van der Waals surface area contributed by atoms with Gasteiger partial charge in [-0.3, -0.25) is 4.98 Å². The molecule has 0 aromatic carbocycles. The molecule has 1 atom stereocenters. The van der Waals surface area contributed by atoms with Crippen LogP contribution in [0.2, 0.25) is 4.34 Å². The first-order valence-corrected chi connectivity index (χ1v) is 8.21. The number of thiophene rings is 1. The molecule has 2 heterocycles. The maximum Gasteiger partial charge on any atom is 0.0931 e. The van der Waals surface area contributed by atoms with Gasteiger partial charge in [-0.05, 0) is 50.6 Å². The predicted octanol–water partition coefficient (Wildman–Crippen LogP) is 4.70. The van der Waals surface area contributed by atoms with Crippen LogP contribution in [0.25, 0.3) is 0 Å². The second-order valence-electron chi connectivity index (χ2n) is 5.04. The van der Waals surface area contributed by atoms with Crippen molar-refractivity contribution in [1.29, 1.82) is 0 Å². The molecular weight excluding hydrogens is 288 g/mol. The summed E-state index contributed by atoms with van der Waals surface area (Å²) < 4.78 is 0.855. The van der Waals surface area contributed by atoms with Gasteiger partial charge >= 0.3 is 0 Å². The minimum Gasteiger partial charge on any atom is -0.310 e. The molecule has 0 aliphatic heterocycles. The third kappa shape index (κ3) is 4.05. The van der Waals surface area contributed by atoms with Crippen molar-refractivity contribution in [1.82, 2.24) is 10.3 Å². The molecule has 1 N–H and O–H groups in total. The molecule has 0 saturated heterocycles. The van der Waals surface area contributed by atoms with Crippen LogP contribution in [-0.2, 0) is 6.42 Å². The van der Waals surface area contributed by atoms with Gasteiger partial charge in [0.2, 0.25) is 0 Å². The van der Waals surface area contributed by atoms with Gasteiger partial charge in [0.15, 0.2) is 0 Å².